The van der Waals surface area contributed by atoms with E-state index in [0.717, 1.165) is 5.52 Å². The van der Waals surface area contributed by atoms with Crippen LogP contribution in [0.1, 0.15) is 11.1 Å². The zero-order valence-corrected chi connectivity index (χ0v) is 15.1. The van der Waals surface area contributed by atoms with Crippen LogP contribution in [-0.2, 0) is 23.7 Å². The second kappa shape index (κ2) is 6.92. The predicted octanol–water partition coefficient (Wildman–Crippen LogP) is 4.50. The Morgan fingerprint density at radius 3 is 2.23 bits per heavy atom. The Bertz CT molecular complexity index is 1090. The van der Waals surface area contributed by atoms with E-state index in [1.54, 1.807) is 16.7 Å². The zero-order chi connectivity index (χ0) is 21.7. The van der Waals surface area contributed by atoms with Gasteiger partial charge in [0.15, 0.2) is 6.61 Å². The standard InChI is InChI=1S/C19H13F6N3O2/c20-18(21,22)11-7-12(19(23,24)25)9-13(8-11)30-10-16(29)28-6-5-27-15-4-2-1-3-14(15)26-17(27)28/h1-4,7-9H,5-6,10H2. The van der Waals surface area contributed by atoms with Crippen LogP contribution in [0.4, 0.5) is 32.3 Å². The van der Waals surface area contributed by atoms with Crippen molar-refractivity contribution in [3.63, 3.8) is 0 Å². The molecule has 0 saturated carbocycles. The molecular formula is C19H13F6N3O2. The second-order valence-electron chi connectivity index (χ2n) is 6.63. The number of alkyl halides is 6. The number of hydrogen-bond acceptors (Lipinski definition) is 3. The van der Waals surface area contributed by atoms with Crippen LogP contribution >= 0.6 is 0 Å². The molecule has 0 bridgehead atoms. The first kappa shape index (κ1) is 20.0. The first-order valence-electron chi connectivity index (χ1n) is 8.72. The topological polar surface area (TPSA) is 47.4 Å². The number of para-hydroxylation sites is 2. The van der Waals surface area contributed by atoms with Gasteiger partial charge in [-0.15, -0.1) is 0 Å². The van der Waals surface area contributed by atoms with Crippen molar-refractivity contribution in [2.45, 2.75) is 18.9 Å². The van der Waals surface area contributed by atoms with Crippen molar-refractivity contribution in [2.75, 3.05) is 18.1 Å². The number of halogens is 6. The number of carbonyl (C=O) groups is 1. The van der Waals surface area contributed by atoms with Gasteiger partial charge in [0.05, 0.1) is 22.2 Å². The van der Waals surface area contributed by atoms with Crippen molar-refractivity contribution < 1.29 is 35.9 Å². The average molecular weight is 429 g/mol. The molecule has 158 valence electrons. The molecule has 1 aliphatic heterocycles. The third-order valence-corrected chi connectivity index (χ3v) is 4.65. The number of benzene rings is 2. The molecule has 5 nitrogen and oxygen atoms in total. The SMILES string of the molecule is O=C(COc1cc(C(F)(F)F)cc(C(F)(F)F)c1)N1CCn2c1nc1ccccc12. The fourth-order valence-electron chi connectivity index (χ4n) is 3.26. The average Bonchev–Trinajstić information content (AvgIpc) is 3.23. The Hall–Kier alpha value is -3.24. The van der Waals surface area contributed by atoms with Crippen LogP contribution in [-0.4, -0.2) is 28.6 Å². The highest BCUT2D eigenvalue weighted by Gasteiger charge is 2.37. The minimum Gasteiger partial charge on any atom is -0.484 e. The lowest BCUT2D eigenvalue weighted by Crippen LogP contribution is -2.33. The van der Waals surface area contributed by atoms with E-state index in [0.29, 0.717) is 30.1 Å². The van der Waals surface area contributed by atoms with Gasteiger partial charge in [-0.3, -0.25) is 9.69 Å². The van der Waals surface area contributed by atoms with E-state index >= 15 is 0 Å². The van der Waals surface area contributed by atoms with Crippen molar-refractivity contribution in [1.82, 2.24) is 9.55 Å². The zero-order valence-electron chi connectivity index (χ0n) is 15.1. The summed E-state index contributed by atoms with van der Waals surface area (Å²) in [7, 11) is 0. The van der Waals surface area contributed by atoms with E-state index in [1.807, 2.05) is 12.1 Å². The van der Waals surface area contributed by atoms with E-state index in [9.17, 15) is 31.1 Å². The van der Waals surface area contributed by atoms with Crippen molar-refractivity contribution in [3.05, 3.63) is 53.6 Å². The first-order valence-corrected chi connectivity index (χ1v) is 8.72. The molecule has 1 aliphatic rings. The van der Waals surface area contributed by atoms with Gasteiger partial charge in [-0.1, -0.05) is 12.1 Å². The Labute approximate surface area is 165 Å². The second-order valence-corrected chi connectivity index (χ2v) is 6.63. The molecule has 2 aromatic carbocycles. The highest BCUT2D eigenvalue weighted by Crippen LogP contribution is 2.38. The van der Waals surface area contributed by atoms with Gasteiger partial charge in [0.2, 0.25) is 5.95 Å². The van der Waals surface area contributed by atoms with Crippen LogP contribution in [0.15, 0.2) is 42.5 Å². The van der Waals surface area contributed by atoms with Crippen molar-refractivity contribution in [3.8, 4) is 5.75 Å². The molecule has 0 atom stereocenters. The Kier molecular flexibility index (Phi) is 4.63. The number of hydrogen-bond donors (Lipinski definition) is 0. The number of amides is 1. The molecule has 3 aromatic rings. The fourth-order valence-corrected chi connectivity index (χ4v) is 3.26. The minimum absolute atomic E-state index is 0.00247. The first-order chi connectivity index (χ1) is 14.0. The summed E-state index contributed by atoms with van der Waals surface area (Å²) in [5.41, 5.74) is -1.54. The Balaban J connectivity index is 1.55. The molecule has 0 aliphatic carbocycles. The molecule has 4 rings (SSSR count). The van der Waals surface area contributed by atoms with Gasteiger partial charge >= 0.3 is 12.4 Å². The number of fused-ring (bicyclic) bond motifs is 3. The molecule has 0 unspecified atom stereocenters. The summed E-state index contributed by atoms with van der Waals surface area (Å²) in [6, 6.07) is 8.06. The third kappa shape index (κ3) is 3.66. The Morgan fingerprint density at radius 2 is 1.60 bits per heavy atom. The van der Waals surface area contributed by atoms with Crippen LogP contribution in [0.5, 0.6) is 5.75 Å². The van der Waals surface area contributed by atoms with E-state index in [1.165, 1.54) is 4.90 Å². The van der Waals surface area contributed by atoms with Crippen LogP contribution < -0.4 is 9.64 Å². The van der Waals surface area contributed by atoms with Crippen molar-refractivity contribution in [1.29, 1.82) is 0 Å². The molecule has 11 heteroatoms. The smallest absolute Gasteiger partial charge is 0.416 e. The maximum absolute atomic E-state index is 12.9. The number of anilines is 1. The molecule has 1 amide bonds. The van der Waals surface area contributed by atoms with Crippen LogP contribution in [0.3, 0.4) is 0 Å². The summed E-state index contributed by atoms with van der Waals surface area (Å²) in [5, 5.41) is 0. The summed E-state index contributed by atoms with van der Waals surface area (Å²) in [6.45, 7) is -0.00304. The van der Waals surface area contributed by atoms with Crippen LogP contribution in [0.25, 0.3) is 11.0 Å². The molecule has 0 spiro atoms. The molecule has 0 saturated heterocycles. The molecule has 0 N–H and O–H groups in total. The quantitative estimate of drug-likeness (QED) is 0.576. The molecule has 2 heterocycles. The number of nitrogens with zero attached hydrogens (tertiary/aromatic N) is 3. The van der Waals surface area contributed by atoms with Crippen molar-refractivity contribution in [2.24, 2.45) is 0 Å². The van der Waals surface area contributed by atoms with E-state index < -0.39 is 41.7 Å². The number of aromatic nitrogens is 2. The fraction of sp³-hybridized carbons (Fsp3) is 0.263. The maximum atomic E-state index is 12.9. The van der Waals surface area contributed by atoms with Crippen LogP contribution in [0.2, 0.25) is 0 Å². The largest absolute Gasteiger partial charge is 0.484 e. The number of imidazole rings is 1. The van der Waals surface area contributed by atoms with Gasteiger partial charge in [-0.25, -0.2) is 4.98 Å². The summed E-state index contributed by atoms with van der Waals surface area (Å²) in [5.74, 6) is -0.974. The van der Waals surface area contributed by atoms with Gasteiger partial charge in [0.1, 0.15) is 5.75 Å². The van der Waals surface area contributed by atoms with E-state index in [4.69, 9.17) is 4.74 Å². The lowest BCUT2D eigenvalue weighted by Gasteiger charge is -2.17. The number of rotatable bonds is 3. The molecule has 0 radical (unpaired) electrons. The van der Waals surface area contributed by atoms with E-state index in [2.05, 4.69) is 4.98 Å². The van der Waals surface area contributed by atoms with Gasteiger partial charge in [0, 0.05) is 13.1 Å². The third-order valence-electron chi connectivity index (χ3n) is 4.65. The molecule has 1 aromatic heterocycles. The minimum atomic E-state index is -5.00. The summed E-state index contributed by atoms with van der Waals surface area (Å²) < 4.78 is 84.4. The molecule has 30 heavy (non-hydrogen) atoms. The van der Waals surface area contributed by atoms with Gasteiger partial charge in [0.25, 0.3) is 5.91 Å². The normalized spacial score (nSPS) is 14.3. The molecule has 0 fully saturated rings. The highest BCUT2D eigenvalue weighted by atomic mass is 19.4. The van der Waals surface area contributed by atoms with Gasteiger partial charge < -0.3 is 9.30 Å². The molecular weight excluding hydrogens is 416 g/mol. The van der Waals surface area contributed by atoms with Crippen molar-refractivity contribution >= 4 is 22.9 Å². The lowest BCUT2D eigenvalue weighted by molar-refractivity contribution is -0.143. The summed E-state index contributed by atoms with van der Waals surface area (Å²) >= 11 is 0. The number of ether oxygens (including phenoxy) is 1. The van der Waals surface area contributed by atoms with Gasteiger partial charge in [-0.05, 0) is 30.3 Å². The highest BCUT2D eigenvalue weighted by molar-refractivity contribution is 5.95. The number of carbonyl (C=O) groups excluding carboxylic acids is 1. The lowest BCUT2D eigenvalue weighted by atomic mass is 10.1. The predicted molar refractivity (Wildman–Crippen MR) is 94.0 cm³/mol. The van der Waals surface area contributed by atoms with Crippen LogP contribution in [0, 0.1) is 0 Å². The Morgan fingerprint density at radius 1 is 0.967 bits per heavy atom. The summed E-state index contributed by atoms with van der Waals surface area (Å²) in [6.07, 6.45) is -9.99. The van der Waals surface area contributed by atoms with E-state index in [-0.39, 0.29) is 12.6 Å². The monoisotopic (exact) mass is 429 g/mol. The van der Waals surface area contributed by atoms with Gasteiger partial charge in [-0.2, -0.15) is 26.3 Å². The summed E-state index contributed by atoms with van der Waals surface area (Å²) in [4.78, 5) is 18.2. The maximum Gasteiger partial charge on any atom is 0.416 e.